The zero-order chi connectivity index (χ0) is 17.0. The van der Waals surface area contributed by atoms with Crippen molar-refractivity contribution in [3.05, 3.63) is 0 Å². The fourth-order valence-electron chi connectivity index (χ4n) is 2.81. The van der Waals surface area contributed by atoms with E-state index in [4.69, 9.17) is 18.9 Å². The lowest BCUT2D eigenvalue weighted by molar-refractivity contribution is -0.185. The van der Waals surface area contributed by atoms with Crippen molar-refractivity contribution in [3.63, 3.8) is 0 Å². The van der Waals surface area contributed by atoms with Crippen LogP contribution in [0, 0.1) is 0 Å². The van der Waals surface area contributed by atoms with E-state index in [0.29, 0.717) is 19.6 Å². The van der Waals surface area contributed by atoms with E-state index in [2.05, 4.69) is 0 Å². The molecule has 2 rings (SSSR count). The molecule has 7 nitrogen and oxygen atoms in total. The molecule has 0 aromatic rings. The van der Waals surface area contributed by atoms with Crippen LogP contribution in [0.4, 0.5) is 4.79 Å². The van der Waals surface area contributed by atoms with Crippen molar-refractivity contribution in [2.24, 2.45) is 0 Å². The summed E-state index contributed by atoms with van der Waals surface area (Å²) in [6.45, 7) is 6.36. The Balaban J connectivity index is 2.00. The van der Waals surface area contributed by atoms with Crippen molar-refractivity contribution in [3.8, 4) is 0 Å². The first kappa shape index (κ1) is 18.0. The second kappa shape index (κ2) is 7.49. The van der Waals surface area contributed by atoms with Crippen molar-refractivity contribution in [1.82, 2.24) is 4.90 Å². The Morgan fingerprint density at radius 3 is 2.52 bits per heavy atom. The maximum Gasteiger partial charge on any atom is 0.411 e. The molecule has 7 heteroatoms. The van der Waals surface area contributed by atoms with Gasteiger partial charge in [0.2, 0.25) is 0 Å². The van der Waals surface area contributed by atoms with E-state index in [-0.39, 0.29) is 12.4 Å². The van der Waals surface area contributed by atoms with Crippen LogP contribution in [0.1, 0.15) is 46.5 Å². The number of rotatable bonds is 3. The molecule has 2 aliphatic heterocycles. The lowest BCUT2D eigenvalue weighted by Crippen LogP contribution is -2.44. The number of ether oxygens (including phenoxy) is 4. The Bertz CT molecular complexity index is 427. The minimum absolute atomic E-state index is 0.255. The number of likely N-dealkylation sites (tertiary alicyclic amines) is 1. The predicted molar refractivity (Wildman–Crippen MR) is 81.8 cm³/mol. The van der Waals surface area contributed by atoms with E-state index in [1.807, 2.05) is 0 Å². The van der Waals surface area contributed by atoms with Crippen LogP contribution < -0.4 is 0 Å². The zero-order valence-corrected chi connectivity index (χ0v) is 14.4. The SMILES string of the molecule is COC(=O)[C@@H]1CC(OC2CCCCO2)CN1C(=O)OC(C)(C)C. The highest BCUT2D eigenvalue weighted by Gasteiger charge is 2.43. The van der Waals surface area contributed by atoms with Crippen LogP contribution in [0.25, 0.3) is 0 Å². The van der Waals surface area contributed by atoms with Gasteiger partial charge in [-0.3, -0.25) is 4.90 Å². The smallest absolute Gasteiger partial charge is 0.411 e. The summed E-state index contributed by atoms with van der Waals surface area (Å²) in [6.07, 6.45) is 2.30. The molecule has 2 heterocycles. The van der Waals surface area contributed by atoms with Gasteiger partial charge in [-0.1, -0.05) is 0 Å². The molecule has 1 amide bonds. The minimum atomic E-state index is -0.677. The van der Waals surface area contributed by atoms with Gasteiger partial charge in [0, 0.05) is 13.0 Å². The minimum Gasteiger partial charge on any atom is -0.467 e. The second-order valence-corrected chi connectivity index (χ2v) is 6.96. The van der Waals surface area contributed by atoms with Crippen molar-refractivity contribution in [1.29, 1.82) is 0 Å². The first-order valence-corrected chi connectivity index (χ1v) is 8.14. The molecule has 2 saturated heterocycles. The van der Waals surface area contributed by atoms with Gasteiger partial charge in [0.05, 0.1) is 19.8 Å². The fraction of sp³-hybridized carbons (Fsp3) is 0.875. The van der Waals surface area contributed by atoms with Gasteiger partial charge in [-0.15, -0.1) is 0 Å². The maximum atomic E-state index is 12.3. The molecule has 0 aromatic carbocycles. The van der Waals surface area contributed by atoms with Crippen LogP contribution >= 0.6 is 0 Å². The van der Waals surface area contributed by atoms with E-state index in [1.54, 1.807) is 20.8 Å². The van der Waals surface area contributed by atoms with Gasteiger partial charge in [-0.2, -0.15) is 0 Å². The van der Waals surface area contributed by atoms with E-state index in [1.165, 1.54) is 12.0 Å². The number of methoxy groups -OCH3 is 1. The van der Waals surface area contributed by atoms with Crippen molar-refractivity contribution >= 4 is 12.1 Å². The van der Waals surface area contributed by atoms with Crippen LogP contribution in [0.5, 0.6) is 0 Å². The summed E-state index contributed by atoms with van der Waals surface area (Å²) in [4.78, 5) is 25.7. The highest BCUT2D eigenvalue weighted by Crippen LogP contribution is 2.26. The van der Waals surface area contributed by atoms with Gasteiger partial charge < -0.3 is 18.9 Å². The Morgan fingerprint density at radius 2 is 1.96 bits per heavy atom. The summed E-state index contributed by atoms with van der Waals surface area (Å²) >= 11 is 0. The molecule has 3 atom stereocenters. The first-order valence-electron chi connectivity index (χ1n) is 8.14. The number of nitrogens with zero attached hydrogens (tertiary/aromatic N) is 1. The van der Waals surface area contributed by atoms with Gasteiger partial charge in [0.25, 0.3) is 0 Å². The summed E-state index contributed by atoms with van der Waals surface area (Å²) in [5.74, 6) is -0.452. The molecule has 0 bridgehead atoms. The zero-order valence-electron chi connectivity index (χ0n) is 14.4. The quantitative estimate of drug-likeness (QED) is 0.738. The predicted octanol–water partition coefficient (Wildman–Crippen LogP) is 2.08. The molecule has 2 unspecified atom stereocenters. The molecular formula is C16H27NO6. The van der Waals surface area contributed by atoms with Crippen molar-refractivity contribution in [2.45, 2.75) is 70.5 Å². The molecule has 0 radical (unpaired) electrons. The van der Waals surface area contributed by atoms with E-state index >= 15 is 0 Å². The Labute approximate surface area is 137 Å². The van der Waals surface area contributed by atoms with Gasteiger partial charge >= 0.3 is 12.1 Å². The molecular weight excluding hydrogens is 302 g/mol. The van der Waals surface area contributed by atoms with Gasteiger partial charge in [-0.05, 0) is 40.0 Å². The molecule has 0 aliphatic carbocycles. The number of carbonyl (C=O) groups is 2. The van der Waals surface area contributed by atoms with Gasteiger partial charge in [0.1, 0.15) is 11.6 Å². The number of amides is 1. The molecule has 23 heavy (non-hydrogen) atoms. The average Bonchev–Trinajstić information content (AvgIpc) is 2.90. The molecule has 2 fully saturated rings. The highest BCUT2D eigenvalue weighted by atomic mass is 16.7. The lowest BCUT2D eigenvalue weighted by Gasteiger charge is -2.27. The Kier molecular flexibility index (Phi) is 5.86. The molecule has 0 aromatic heterocycles. The normalized spacial score (nSPS) is 28.5. The second-order valence-electron chi connectivity index (χ2n) is 6.96. The lowest BCUT2D eigenvalue weighted by atomic mass is 10.2. The Morgan fingerprint density at radius 1 is 1.22 bits per heavy atom. The summed E-state index contributed by atoms with van der Waals surface area (Å²) in [7, 11) is 1.31. The van der Waals surface area contributed by atoms with Gasteiger partial charge in [0.15, 0.2) is 6.29 Å². The largest absolute Gasteiger partial charge is 0.467 e. The summed E-state index contributed by atoms with van der Waals surface area (Å²) in [5, 5.41) is 0. The van der Waals surface area contributed by atoms with Crippen LogP contribution in [0.15, 0.2) is 0 Å². The average molecular weight is 329 g/mol. The molecule has 132 valence electrons. The summed E-state index contributed by atoms with van der Waals surface area (Å²) in [5.41, 5.74) is -0.622. The van der Waals surface area contributed by atoms with Crippen molar-refractivity contribution in [2.75, 3.05) is 20.3 Å². The number of esters is 1. The van der Waals surface area contributed by atoms with E-state index < -0.39 is 23.7 Å². The molecule has 2 aliphatic rings. The van der Waals surface area contributed by atoms with Crippen LogP contribution in [-0.2, 0) is 23.7 Å². The number of hydrogen-bond acceptors (Lipinski definition) is 6. The van der Waals surface area contributed by atoms with E-state index in [0.717, 1.165) is 19.3 Å². The number of hydrogen-bond donors (Lipinski definition) is 0. The van der Waals surface area contributed by atoms with Gasteiger partial charge in [-0.25, -0.2) is 9.59 Å². The molecule has 0 N–H and O–H groups in total. The van der Waals surface area contributed by atoms with Crippen molar-refractivity contribution < 1.29 is 28.5 Å². The highest BCUT2D eigenvalue weighted by molar-refractivity contribution is 5.82. The third-order valence-electron chi connectivity index (χ3n) is 3.85. The number of carbonyl (C=O) groups excluding carboxylic acids is 2. The Hall–Kier alpha value is -1.34. The maximum absolute atomic E-state index is 12.3. The van der Waals surface area contributed by atoms with Crippen LogP contribution in [0.2, 0.25) is 0 Å². The standard InChI is InChI=1S/C16H27NO6/c1-16(2,3)23-15(19)17-10-11(9-12(17)14(18)20-4)22-13-7-5-6-8-21-13/h11-13H,5-10H2,1-4H3/t11?,12-,13?/m0/s1. The first-order chi connectivity index (χ1) is 10.8. The third kappa shape index (κ3) is 5.07. The van der Waals surface area contributed by atoms with Crippen LogP contribution in [-0.4, -0.2) is 61.3 Å². The van der Waals surface area contributed by atoms with E-state index in [9.17, 15) is 9.59 Å². The topological polar surface area (TPSA) is 74.3 Å². The fourth-order valence-corrected chi connectivity index (χ4v) is 2.81. The third-order valence-corrected chi connectivity index (χ3v) is 3.85. The monoisotopic (exact) mass is 329 g/mol. The molecule has 0 spiro atoms. The molecule has 0 saturated carbocycles. The summed E-state index contributed by atoms with van der Waals surface area (Å²) < 4.78 is 21.7. The summed E-state index contributed by atoms with van der Waals surface area (Å²) in [6, 6.07) is -0.677. The van der Waals surface area contributed by atoms with Crippen LogP contribution in [0.3, 0.4) is 0 Å².